The molecule has 0 saturated carbocycles. The van der Waals surface area contributed by atoms with Gasteiger partial charge in [-0.05, 0) is 76.4 Å². The lowest BCUT2D eigenvalue weighted by atomic mass is 9.97. The van der Waals surface area contributed by atoms with Crippen LogP contribution in [0.1, 0.15) is 49.4 Å². The molecule has 0 aliphatic carbocycles. The van der Waals surface area contributed by atoms with E-state index in [1.54, 1.807) is 28.6 Å². The van der Waals surface area contributed by atoms with E-state index < -0.39 is 10.0 Å². The Morgan fingerprint density at radius 1 is 1.11 bits per heavy atom. The molecule has 2 fully saturated rings. The lowest BCUT2D eigenvalue weighted by Gasteiger charge is -2.33. The number of hydrogen-bond acceptors (Lipinski definition) is 4. The molecular formula is C20H32ClN3O3S. The van der Waals surface area contributed by atoms with Gasteiger partial charge in [-0.3, -0.25) is 4.79 Å². The van der Waals surface area contributed by atoms with Gasteiger partial charge in [0.25, 0.3) is 5.91 Å². The summed E-state index contributed by atoms with van der Waals surface area (Å²) in [7, 11) is -1.56. The van der Waals surface area contributed by atoms with Crippen molar-refractivity contribution in [3.05, 3.63) is 29.8 Å². The van der Waals surface area contributed by atoms with E-state index in [9.17, 15) is 13.2 Å². The van der Waals surface area contributed by atoms with Gasteiger partial charge >= 0.3 is 0 Å². The molecule has 2 heterocycles. The summed E-state index contributed by atoms with van der Waals surface area (Å²) in [5.41, 5.74) is 0.561. The summed E-state index contributed by atoms with van der Waals surface area (Å²) >= 11 is 0. The highest BCUT2D eigenvalue weighted by molar-refractivity contribution is 7.89. The SMILES string of the molecule is CNCC1CCCN(C(=O)c2ccc(S(=O)(=O)N3CCCCC3C)cc2)C1.Cl. The summed E-state index contributed by atoms with van der Waals surface area (Å²) < 4.78 is 27.4. The van der Waals surface area contributed by atoms with Gasteiger partial charge in [0.2, 0.25) is 10.0 Å². The number of amides is 1. The van der Waals surface area contributed by atoms with E-state index in [1.807, 2.05) is 18.9 Å². The summed E-state index contributed by atoms with van der Waals surface area (Å²) in [5.74, 6) is 0.471. The Morgan fingerprint density at radius 3 is 2.46 bits per heavy atom. The number of likely N-dealkylation sites (tertiary alicyclic amines) is 1. The number of piperidine rings is 2. The highest BCUT2D eigenvalue weighted by Crippen LogP contribution is 2.26. The van der Waals surface area contributed by atoms with E-state index in [-0.39, 0.29) is 29.3 Å². The summed E-state index contributed by atoms with van der Waals surface area (Å²) in [6.45, 7) is 4.97. The first-order valence-corrected chi connectivity index (χ1v) is 11.4. The third-order valence-electron chi connectivity index (χ3n) is 5.75. The van der Waals surface area contributed by atoms with Crippen molar-refractivity contribution in [2.75, 3.05) is 33.2 Å². The summed E-state index contributed by atoms with van der Waals surface area (Å²) in [6, 6.07) is 6.51. The number of hydrogen-bond donors (Lipinski definition) is 1. The molecule has 2 atom stereocenters. The quantitative estimate of drug-likeness (QED) is 0.781. The van der Waals surface area contributed by atoms with Crippen LogP contribution < -0.4 is 5.32 Å². The second kappa shape index (κ2) is 10.1. The normalized spacial score (nSPS) is 23.9. The number of benzene rings is 1. The van der Waals surface area contributed by atoms with Crippen LogP contribution in [0.15, 0.2) is 29.2 Å². The molecule has 158 valence electrons. The van der Waals surface area contributed by atoms with Crippen LogP contribution in [0.25, 0.3) is 0 Å². The Hall–Kier alpha value is -1.15. The van der Waals surface area contributed by atoms with Crippen molar-refractivity contribution in [1.29, 1.82) is 0 Å². The van der Waals surface area contributed by atoms with Crippen LogP contribution in [-0.2, 0) is 10.0 Å². The minimum atomic E-state index is -3.49. The Kier molecular flexibility index (Phi) is 8.30. The second-order valence-electron chi connectivity index (χ2n) is 7.80. The van der Waals surface area contributed by atoms with E-state index in [0.717, 1.165) is 51.7 Å². The molecule has 2 aliphatic heterocycles. The van der Waals surface area contributed by atoms with Gasteiger partial charge in [0.05, 0.1) is 4.90 Å². The molecule has 1 N–H and O–H groups in total. The number of carbonyl (C=O) groups is 1. The minimum Gasteiger partial charge on any atom is -0.338 e. The third-order valence-corrected chi connectivity index (χ3v) is 7.78. The standard InChI is InChI=1S/C20H31N3O3S.ClH/c1-16-6-3-4-13-23(16)27(25,26)19-10-8-18(9-11-19)20(24)22-12-5-7-17(15-22)14-21-2;/h8-11,16-17,21H,3-7,12-15H2,1-2H3;1H. The molecule has 1 amide bonds. The Morgan fingerprint density at radius 2 is 1.82 bits per heavy atom. The number of nitrogens with one attached hydrogen (secondary N) is 1. The molecule has 2 unspecified atom stereocenters. The molecule has 0 aromatic heterocycles. The fourth-order valence-corrected chi connectivity index (χ4v) is 5.92. The van der Waals surface area contributed by atoms with Gasteiger partial charge < -0.3 is 10.2 Å². The summed E-state index contributed by atoms with van der Waals surface area (Å²) in [5, 5.41) is 3.19. The Balaban J connectivity index is 0.00000280. The van der Waals surface area contributed by atoms with E-state index in [2.05, 4.69) is 5.32 Å². The topological polar surface area (TPSA) is 69.7 Å². The molecular weight excluding hydrogens is 398 g/mol. The maximum Gasteiger partial charge on any atom is 0.253 e. The van der Waals surface area contributed by atoms with Crippen LogP contribution in [0, 0.1) is 5.92 Å². The van der Waals surface area contributed by atoms with E-state index in [1.165, 1.54) is 0 Å². The zero-order valence-electron chi connectivity index (χ0n) is 16.8. The number of halogens is 1. The molecule has 0 spiro atoms. The molecule has 0 bridgehead atoms. The predicted molar refractivity (Wildman–Crippen MR) is 113 cm³/mol. The van der Waals surface area contributed by atoms with Crippen molar-refractivity contribution in [2.45, 2.75) is 50.0 Å². The van der Waals surface area contributed by atoms with Crippen molar-refractivity contribution < 1.29 is 13.2 Å². The zero-order valence-corrected chi connectivity index (χ0v) is 18.4. The highest BCUT2D eigenvalue weighted by atomic mass is 35.5. The summed E-state index contributed by atoms with van der Waals surface area (Å²) in [4.78, 5) is 15.0. The molecule has 6 nitrogen and oxygen atoms in total. The zero-order chi connectivity index (χ0) is 19.4. The van der Waals surface area contributed by atoms with Gasteiger partial charge in [0.15, 0.2) is 0 Å². The first-order chi connectivity index (χ1) is 12.9. The average Bonchev–Trinajstić information content (AvgIpc) is 2.68. The van der Waals surface area contributed by atoms with Gasteiger partial charge in [-0.2, -0.15) is 4.31 Å². The van der Waals surface area contributed by atoms with Gasteiger partial charge in [0.1, 0.15) is 0 Å². The van der Waals surface area contributed by atoms with Crippen molar-refractivity contribution in [3.63, 3.8) is 0 Å². The van der Waals surface area contributed by atoms with E-state index in [0.29, 0.717) is 18.0 Å². The Bertz CT molecular complexity index is 752. The maximum atomic E-state index is 12.9. The molecule has 2 aliphatic rings. The summed E-state index contributed by atoms with van der Waals surface area (Å²) in [6.07, 6.45) is 5.03. The first-order valence-electron chi connectivity index (χ1n) is 9.99. The van der Waals surface area contributed by atoms with Gasteiger partial charge in [-0.1, -0.05) is 6.42 Å². The first kappa shape index (κ1) is 23.1. The smallest absolute Gasteiger partial charge is 0.253 e. The fourth-order valence-electron chi connectivity index (χ4n) is 4.22. The molecule has 1 aromatic rings. The van der Waals surface area contributed by atoms with Gasteiger partial charge in [0, 0.05) is 31.2 Å². The predicted octanol–water partition coefficient (Wildman–Crippen LogP) is 2.74. The number of nitrogens with zero attached hydrogens (tertiary/aromatic N) is 2. The van der Waals surface area contributed by atoms with Crippen LogP contribution in [-0.4, -0.2) is 62.8 Å². The Labute approximate surface area is 175 Å². The van der Waals surface area contributed by atoms with Gasteiger partial charge in [-0.15, -0.1) is 12.4 Å². The van der Waals surface area contributed by atoms with E-state index >= 15 is 0 Å². The molecule has 2 saturated heterocycles. The molecule has 3 rings (SSSR count). The monoisotopic (exact) mass is 429 g/mol. The lowest BCUT2D eigenvalue weighted by molar-refractivity contribution is 0.0674. The van der Waals surface area contributed by atoms with Crippen LogP contribution >= 0.6 is 12.4 Å². The third kappa shape index (κ3) is 5.06. The van der Waals surface area contributed by atoms with Crippen molar-refractivity contribution >= 4 is 28.3 Å². The van der Waals surface area contributed by atoms with Crippen molar-refractivity contribution in [1.82, 2.24) is 14.5 Å². The van der Waals surface area contributed by atoms with Crippen molar-refractivity contribution in [2.24, 2.45) is 5.92 Å². The largest absolute Gasteiger partial charge is 0.338 e. The average molecular weight is 430 g/mol. The highest BCUT2D eigenvalue weighted by Gasteiger charge is 2.31. The number of sulfonamides is 1. The lowest BCUT2D eigenvalue weighted by Crippen LogP contribution is -2.42. The molecule has 8 heteroatoms. The number of carbonyl (C=O) groups excluding carboxylic acids is 1. The molecule has 0 radical (unpaired) electrons. The van der Waals surface area contributed by atoms with Crippen LogP contribution in [0.4, 0.5) is 0 Å². The van der Waals surface area contributed by atoms with Crippen LogP contribution in [0.2, 0.25) is 0 Å². The number of rotatable bonds is 5. The second-order valence-corrected chi connectivity index (χ2v) is 9.69. The maximum absolute atomic E-state index is 12.9. The van der Waals surface area contributed by atoms with Gasteiger partial charge in [-0.25, -0.2) is 8.42 Å². The minimum absolute atomic E-state index is 0. The van der Waals surface area contributed by atoms with E-state index in [4.69, 9.17) is 0 Å². The molecule has 28 heavy (non-hydrogen) atoms. The molecule has 1 aromatic carbocycles. The fraction of sp³-hybridized carbons (Fsp3) is 0.650. The van der Waals surface area contributed by atoms with Crippen LogP contribution in [0.5, 0.6) is 0 Å². The van der Waals surface area contributed by atoms with Crippen LogP contribution in [0.3, 0.4) is 0 Å². The van der Waals surface area contributed by atoms with Crippen molar-refractivity contribution in [3.8, 4) is 0 Å².